The number of carboxylic acids is 1. The number of hydrogen-bond acceptors (Lipinski definition) is 1. The van der Waals surface area contributed by atoms with E-state index in [0.29, 0.717) is 16.9 Å². The van der Waals surface area contributed by atoms with Crippen molar-refractivity contribution in [1.82, 2.24) is 0 Å². The molecule has 0 bridgehead atoms. The summed E-state index contributed by atoms with van der Waals surface area (Å²) in [5.41, 5.74) is 7.18. The van der Waals surface area contributed by atoms with Gasteiger partial charge < -0.3 is 5.11 Å². The molecule has 0 radical (unpaired) electrons. The maximum absolute atomic E-state index is 11.6. The molecule has 0 amide bonds. The highest BCUT2D eigenvalue weighted by atomic mass is 16.4. The third-order valence-electron chi connectivity index (χ3n) is 7.30. The van der Waals surface area contributed by atoms with E-state index in [1.54, 1.807) is 12.1 Å². The summed E-state index contributed by atoms with van der Waals surface area (Å²) in [5, 5.41) is 9.56. The van der Waals surface area contributed by atoms with Crippen molar-refractivity contribution in [2.45, 2.75) is 97.8 Å². The van der Waals surface area contributed by atoms with Crippen LogP contribution >= 0.6 is 0 Å². The Balaban J connectivity index is 1.90. The van der Waals surface area contributed by atoms with Crippen molar-refractivity contribution in [2.75, 3.05) is 0 Å². The number of carboxylic acid groups (broad SMARTS) is 1. The first-order valence-electron chi connectivity index (χ1n) is 13.0. The normalized spacial score (nSPS) is 17.6. The third-order valence-corrected chi connectivity index (χ3v) is 7.30. The van der Waals surface area contributed by atoms with Gasteiger partial charge in [0.15, 0.2) is 0 Å². The number of carbonyl (C=O) groups is 1. The fraction of sp³-hybridized carbons (Fsp3) is 0.516. The predicted molar refractivity (Wildman–Crippen MR) is 141 cm³/mol. The van der Waals surface area contributed by atoms with E-state index in [1.165, 1.54) is 73.6 Å². The number of aromatic carboxylic acids is 1. The van der Waals surface area contributed by atoms with Crippen LogP contribution in [0, 0.1) is 5.41 Å². The van der Waals surface area contributed by atoms with Gasteiger partial charge in [-0.15, -0.1) is 0 Å². The largest absolute Gasteiger partial charge is 0.478 e. The van der Waals surface area contributed by atoms with Crippen LogP contribution in [0.4, 0.5) is 0 Å². The van der Waals surface area contributed by atoms with Crippen molar-refractivity contribution < 1.29 is 9.90 Å². The number of hydrogen-bond donors (Lipinski definition) is 1. The lowest BCUT2D eigenvalue weighted by atomic mass is 9.80. The molecule has 0 spiro atoms. The van der Waals surface area contributed by atoms with Gasteiger partial charge in [0, 0.05) is 0 Å². The monoisotopic (exact) mass is 446 g/mol. The fourth-order valence-electron chi connectivity index (χ4n) is 5.40. The molecule has 2 heteroatoms. The Kier molecular flexibility index (Phi) is 8.95. The van der Waals surface area contributed by atoms with Crippen molar-refractivity contribution in [3.05, 3.63) is 69.8 Å². The van der Waals surface area contributed by atoms with Crippen molar-refractivity contribution in [3.63, 3.8) is 0 Å². The second-order valence-electron chi connectivity index (χ2n) is 10.8. The number of fused-ring (bicyclic) bond motifs is 1. The maximum Gasteiger partial charge on any atom is 0.336 e. The molecule has 1 atom stereocenters. The van der Waals surface area contributed by atoms with E-state index in [4.69, 9.17) is 0 Å². The molecule has 1 N–H and O–H groups in total. The molecular formula is C31H42O2. The van der Waals surface area contributed by atoms with E-state index >= 15 is 0 Å². The number of benzene rings is 2. The van der Waals surface area contributed by atoms with E-state index in [0.717, 1.165) is 18.4 Å². The number of aryl methyl sites for hydroxylation is 2. The van der Waals surface area contributed by atoms with Crippen LogP contribution in [0.5, 0.6) is 0 Å². The molecule has 0 fully saturated rings. The molecule has 33 heavy (non-hydrogen) atoms. The maximum atomic E-state index is 11.6. The van der Waals surface area contributed by atoms with Gasteiger partial charge in [-0.25, -0.2) is 4.79 Å². The average Bonchev–Trinajstić information content (AvgIpc) is 2.89. The first kappa shape index (κ1) is 25.3. The first-order valence-corrected chi connectivity index (χ1v) is 13.0. The zero-order valence-electron chi connectivity index (χ0n) is 21.1. The van der Waals surface area contributed by atoms with Gasteiger partial charge >= 0.3 is 5.97 Å². The highest BCUT2D eigenvalue weighted by molar-refractivity contribution is 5.93. The molecule has 0 saturated heterocycles. The molecule has 0 aromatic heterocycles. The molecule has 0 heterocycles. The number of unbranched alkanes of at least 4 members (excludes halogenated alkanes) is 5. The summed E-state index contributed by atoms with van der Waals surface area (Å²) >= 11 is 0. The summed E-state index contributed by atoms with van der Waals surface area (Å²) in [6.45, 7) is 9.45. The van der Waals surface area contributed by atoms with Crippen LogP contribution in [0.15, 0.2) is 36.4 Å². The average molecular weight is 447 g/mol. The highest BCUT2D eigenvalue weighted by Crippen LogP contribution is 2.41. The second-order valence-corrected chi connectivity index (χ2v) is 10.8. The van der Waals surface area contributed by atoms with Crippen LogP contribution in [0.1, 0.15) is 123 Å². The quantitative estimate of drug-likeness (QED) is 0.225. The van der Waals surface area contributed by atoms with Crippen molar-refractivity contribution >= 4 is 18.1 Å². The van der Waals surface area contributed by atoms with Gasteiger partial charge in [0.2, 0.25) is 0 Å². The van der Waals surface area contributed by atoms with Crippen LogP contribution in [0.2, 0.25) is 0 Å². The third kappa shape index (κ3) is 7.06. The van der Waals surface area contributed by atoms with Gasteiger partial charge in [-0.3, -0.25) is 0 Å². The number of rotatable bonds is 10. The lowest BCUT2D eigenvalue weighted by Crippen LogP contribution is -2.12. The van der Waals surface area contributed by atoms with Gasteiger partial charge in [0.1, 0.15) is 0 Å². The topological polar surface area (TPSA) is 37.3 Å². The van der Waals surface area contributed by atoms with Crippen LogP contribution in [-0.4, -0.2) is 11.1 Å². The molecule has 178 valence electrons. The van der Waals surface area contributed by atoms with E-state index in [2.05, 4.69) is 45.9 Å². The Labute approximate surface area is 201 Å². The molecule has 1 aliphatic carbocycles. The van der Waals surface area contributed by atoms with Crippen molar-refractivity contribution in [1.29, 1.82) is 0 Å². The Bertz CT molecular complexity index is 967. The molecule has 2 nitrogen and oxygen atoms in total. The minimum atomic E-state index is -0.875. The summed E-state index contributed by atoms with van der Waals surface area (Å²) in [6.07, 6.45) is 16.6. The molecule has 2 aromatic carbocycles. The first-order chi connectivity index (χ1) is 15.8. The van der Waals surface area contributed by atoms with Crippen LogP contribution in [0.3, 0.4) is 0 Å². The summed E-state index contributed by atoms with van der Waals surface area (Å²) < 4.78 is 0. The van der Waals surface area contributed by atoms with E-state index < -0.39 is 5.97 Å². The molecule has 1 unspecified atom stereocenters. The van der Waals surface area contributed by atoms with Gasteiger partial charge in [-0.05, 0) is 77.3 Å². The highest BCUT2D eigenvalue weighted by Gasteiger charge is 2.27. The lowest BCUT2D eigenvalue weighted by Gasteiger charge is -2.25. The van der Waals surface area contributed by atoms with Gasteiger partial charge in [-0.1, -0.05) is 102 Å². The van der Waals surface area contributed by atoms with E-state index in [9.17, 15) is 9.90 Å². The summed E-state index contributed by atoms with van der Waals surface area (Å²) in [7, 11) is 0. The van der Waals surface area contributed by atoms with E-state index in [1.807, 2.05) is 18.2 Å². The Morgan fingerprint density at radius 1 is 1.03 bits per heavy atom. The summed E-state index contributed by atoms with van der Waals surface area (Å²) in [6, 6.07) is 12.2. The Morgan fingerprint density at radius 2 is 1.73 bits per heavy atom. The Hall–Kier alpha value is -2.35. The molecule has 0 aliphatic heterocycles. The van der Waals surface area contributed by atoms with Gasteiger partial charge in [-0.2, -0.15) is 0 Å². The SMILES string of the molecule is CCCCCCCCc1cc2c(cc1C=Cc1ccccc1C(=O)O)CCC(C)(C)CC2C. The zero-order valence-corrected chi connectivity index (χ0v) is 21.1. The molecule has 2 aromatic rings. The lowest BCUT2D eigenvalue weighted by molar-refractivity contribution is 0.0696. The van der Waals surface area contributed by atoms with E-state index in [-0.39, 0.29) is 0 Å². The van der Waals surface area contributed by atoms with Crippen LogP contribution in [0.25, 0.3) is 12.2 Å². The predicted octanol–water partition coefficient (Wildman–Crippen LogP) is 8.92. The minimum Gasteiger partial charge on any atom is -0.478 e. The fourth-order valence-corrected chi connectivity index (χ4v) is 5.40. The van der Waals surface area contributed by atoms with Crippen molar-refractivity contribution in [3.8, 4) is 0 Å². The van der Waals surface area contributed by atoms with Gasteiger partial charge in [0.25, 0.3) is 0 Å². The van der Waals surface area contributed by atoms with Crippen molar-refractivity contribution in [2.24, 2.45) is 5.41 Å². The molecule has 0 saturated carbocycles. The molecular weight excluding hydrogens is 404 g/mol. The Morgan fingerprint density at radius 3 is 2.48 bits per heavy atom. The summed E-state index contributed by atoms with van der Waals surface area (Å²) in [4.78, 5) is 11.6. The molecule has 1 aliphatic rings. The molecule has 3 rings (SSSR count). The minimum absolute atomic E-state index is 0.358. The van der Waals surface area contributed by atoms with Crippen LogP contribution in [-0.2, 0) is 12.8 Å². The van der Waals surface area contributed by atoms with Crippen LogP contribution < -0.4 is 0 Å². The van der Waals surface area contributed by atoms with Gasteiger partial charge in [0.05, 0.1) is 5.56 Å². The summed E-state index contributed by atoms with van der Waals surface area (Å²) in [5.74, 6) is -0.299. The smallest absolute Gasteiger partial charge is 0.336 e. The standard InChI is InChI=1S/C31H42O2/c1-5-6-7-8-9-10-14-25-21-29-23(2)22-31(3,4)19-18-27(29)20-26(25)17-16-24-13-11-12-15-28(24)30(32)33/h11-13,15-17,20-21,23H,5-10,14,18-19,22H2,1-4H3,(H,32,33). The zero-order chi connectivity index (χ0) is 23.8. The second kappa shape index (κ2) is 11.7.